The quantitative estimate of drug-likeness (QED) is 0.573. The smallest absolute Gasteiger partial charge is 0.244 e. The summed E-state index contributed by atoms with van der Waals surface area (Å²) in [5.41, 5.74) is 3.13. The zero-order valence-corrected chi connectivity index (χ0v) is 21.1. The molecule has 7 nitrogen and oxygen atoms in total. The maximum absolute atomic E-state index is 13.5. The summed E-state index contributed by atoms with van der Waals surface area (Å²) >= 11 is 0. The lowest BCUT2D eigenvalue weighted by molar-refractivity contribution is -0.139. The Hall–Kier alpha value is -2.87. The van der Waals surface area contributed by atoms with Crippen LogP contribution in [0.25, 0.3) is 0 Å². The molecule has 2 atom stereocenters. The zero-order chi connectivity index (χ0) is 24.8. The molecule has 0 unspecified atom stereocenters. The number of carbonyl (C=O) groups excluding carboxylic acids is 2. The highest BCUT2D eigenvalue weighted by molar-refractivity contribution is 7.92. The fraction of sp³-hybridized carbons (Fsp3) is 0.440. The van der Waals surface area contributed by atoms with Crippen molar-refractivity contribution >= 4 is 27.5 Å². The number of nitrogens with zero attached hydrogens (tertiary/aromatic N) is 2. The van der Waals surface area contributed by atoms with Gasteiger partial charge in [-0.25, -0.2) is 8.42 Å². The lowest BCUT2D eigenvalue weighted by atomic mass is 10.1. The number of anilines is 1. The molecule has 2 aromatic rings. The summed E-state index contributed by atoms with van der Waals surface area (Å²) in [5, 5.41) is 2.92. The van der Waals surface area contributed by atoms with E-state index in [1.165, 1.54) is 4.90 Å². The number of carbonyl (C=O) groups is 2. The third kappa shape index (κ3) is 7.32. The van der Waals surface area contributed by atoms with Crippen LogP contribution in [0.2, 0.25) is 0 Å². The fourth-order valence-electron chi connectivity index (χ4n) is 3.38. The minimum Gasteiger partial charge on any atom is -0.352 e. The number of benzene rings is 2. The van der Waals surface area contributed by atoms with Gasteiger partial charge in [0.25, 0.3) is 0 Å². The van der Waals surface area contributed by atoms with Crippen molar-refractivity contribution in [2.75, 3.05) is 17.1 Å². The maximum Gasteiger partial charge on any atom is 0.244 e. The van der Waals surface area contributed by atoms with Gasteiger partial charge < -0.3 is 10.2 Å². The van der Waals surface area contributed by atoms with E-state index in [0.717, 1.165) is 33.7 Å². The summed E-state index contributed by atoms with van der Waals surface area (Å²) in [6, 6.07) is 13.9. The number of para-hydroxylation sites is 1. The SMILES string of the molecule is CC[C@H](C)NC(=O)[C@@H](C)N(Cc1ccc(C)cc1)C(=O)CN(c1ccccc1C)S(C)(=O)=O. The Balaban J connectivity index is 2.39. The van der Waals surface area contributed by atoms with Gasteiger partial charge in [0.1, 0.15) is 12.6 Å². The van der Waals surface area contributed by atoms with E-state index in [4.69, 9.17) is 0 Å². The second kappa shape index (κ2) is 11.3. The number of hydrogen-bond acceptors (Lipinski definition) is 4. The van der Waals surface area contributed by atoms with E-state index in [-0.39, 0.29) is 18.5 Å². The van der Waals surface area contributed by atoms with Gasteiger partial charge in [-0.3, -0.25) is 13.9 Å². The van der Waals surface area contributed by atoms with Gasteiger partial charge in [-0.2, -0.15) is 0 Å². The molecule has 0 fully saturated rings. The number of hydrogen-bond donors (Lipinski definition) is 1. The molecule has 33 heavy (non-hydrogen) atoms. The van der Waals surface area contributed by atoms with Gasteiger partial charge in [0, 0.05) is 12.6 Å². The second-order valence-electron chi connectivity index (χ2n) is 8.56. The van der Waals surface area contributed by atoms with E-state index in [1.54, 1.807) is 32.0 Å². The van der Waals surface area contributed by atoms with Crippen LogP contribution >= 0.6 is 0 Å². The second-order valence-corrected chi connectivity index (χ2v) is 10.5. The summed E-state index contributed by atoms with van der Waals surface area (Å²) in [5.74, 6) is -0.720. The van der Waals surface area contributed by atoms with Crippen LogP contribution in [0.15, 0.2) is 48.5 Å². The van der Waals surface area contributed by atoms with Crippen molar-refractivity contribution in [2.45, 2.75) is 59.7 Å². The number of aryl methyl sites for hydroxylation is 2. The molecule has 1 N–H and O–H groups in total. The van der Waals surface area contributed by atoms with Crippen molar-refractivity contribution in [3.63, 3.8) is 0 Å². The van der Waals surface area contributed by atoms with Crippen LogP contribution in [0.3, 0.4) is 0 Å². The van der Waals surface area contributed by atoms with Crippen molar-refractivity contribution in [2.24, 2.45) is 0 Å². The highest BCUT2D eigenvalue weighted by Gasteiger charge is 2.30. The molecule has 2 aromatic carbocycles. The molecular formula is C25H35N3O4S. The molecule has 0 radical (unpaired) electrons. The minimum atomic E-state index is -3.73. The van der Waals surface area contributed by atoms with Gasteiger partial charge in [-0.1, -0.05) is 55.0 Å². The van der Waals surface area contributed by atoms with Gasteiger partial charge in [-0.05, 0) is 51.3 Å². The molecule has 0 saturated carbocycles. The van der Waals surface area contributed by atoms with Crippen molar-refractivity contribution in [3.05, 3.63) is 65.2 Å². The molecule has 0 saturated heterocycles. The Morgan fingerprint density at radius 3 is 2.15 bits per heavy atom. The number of rotatable bonds is 10. The number of sulfonamides is 1. The zero-order valence-electron chi connectivity index (χ0n) is 20.3. The molecule has 0 aromatic heterocycles. The lowest BCUT2D eigenvalue weighted by Crippen LogP contribution is -2.52. The lowest BCUT2D eigenvalue weighted by Gasteiger charge is -2.32. The summed E-state index contributed by atoms with van der Waals surface area (Å²) in [6.07, 6.45) is 1.84. The minimum absolute atomic E-state index is 0.0317. The van der Waals surface area contributed by atoms with Crippen LogP contribution < -0.4 is 9.62 Å². The standard InChI is InChI=1S/C25H35N3O4S/c1-7-20(4)26-25(30)21(5)27(16-22-14-12-18(2)13-15-22)24(29)17-28(33(6,31)32)23-11-9-8-10-19(23)3/h8-15,20-21H,7,16-17H2,1-6H3,(H,26,30)/t20-,21+/m0/s1. The van der Waals surface area contributed by atoms with Crippen molar-refractivity contribution in [1.82, 2.24) is 10.2 Å². The van der Waals surface area contributed by atoms with E-state index in [0.29, 0.717) is 5.69 Å². The van der Waals surface area contributed by atoms with E-state index in [9.17, 15) is 18.0 Å². The van der Waals surface area contributed by atoms with Crippen molar-refractivity contribution < 1.29 is 18.0 Å². The van der Waals surface area contributed by atoms with Crippen LogP contribution in [-0.2, 0) is 26.2 Å². The Labute approximate surface area is 197 Å². The first-order valence-corrected chi connectivity index (χ1v) is 13.0. The van der Waals surface area contributed by atoms with Crippen LogP contribution in [-0.4, -0.2) is 50.0 Å². The first kappa shape index (κ1) is 26.4. The highest BCUT2D eigenvalue weighted by Crippen LogP contribution is 2.23. The molecule has 0 bridgehead atoms. The van der Waals surface area contributed by atoms with Gasteiger partial charge in [0.15, 0.2) is 0 Å². The first-order valence-electron chi connectivity index (χ1n) is 11.1. The first-order chi connectivity index (χ1) is 15.4. The molecule has 2 amide bonds. The van der Waals surface area contributed by atoms with E-state index in [1.807, 2.05) is 51.1 Å². The molecule has 0 aliphatic carbocycles. The molecule has 8 heteroatoms. The summed E-state index contributed by atoms with van der Waals surface area (Å²) in [6.45, 7) is 9.11. The largest absolute Gasteiger partial charge is 0.352 e. The topological polar surface area (TPSA) is 86.8 Å². The van der Waals surface area contributed by atoms with Crippen LogP contribution in [0.1, 0.15) is 43.9 Å². The molecule has 0 aliphatic rings. The Morgan fingerprint density at radius 2 is 1.61 bits per heavy atom. The van der Waals surface area contributed by atoms with Gasteiger partial charge in [0.2, 0.25) is 21.8 Å². The van der Waals surface area contributed by atoms with Crippen molar-refractivity contribution in [3.8, 4) is 0 Å². The third-order valence-electron chi connectivity index (χ3n) is 5.71. The average molecular weight is 474 g/mol. The van der Waals surface area contributed by atoms with E-state index in [2.05, 4.69) is 5.32 Å². The van der Waals surface area contributed by atoms with Crippen LogP contribution in [0, 0.1) is 13.8 Å². The molecule has 180 valence electrons. The monoisotopic (exact) mass is 473 g/mol. The van der Waals surface area contributed by atoms with Gasteiger partial charge in [-0.15, -0.1) is 0 Å². The third-order valence-corrected chi connectivity index (χ3v) is 6.83. The Morgan fingerprint density at radius 1 is 1.00 bits per heavy atom. The number of nitrogens with one attached hydrogen (secondary N) is 1. The number of amides is 2. The molecular weight excluding hydrogens is 438 g/mol. The molecule has 0 heterocycles. The fourth-order valence-corrected chi connectivity index (χ4v) is 4.28. The summed E-state index contributed by atoms with van der Waals surface area (Å²) < 4.78 is 26.3. The highest BCUT2D eigenvalue weighted by atomic mass is 32.2. The van der Waals surface area contributed by atoms with Gasteiger partial charge in [0.05, 0.1) is 11.9 Å². The maximum atomic E-state index is 13.5. The average Bonchev–Trinajstić information content (AvgIpc) is 2.76. The van der Waals surface area contributed by atoms with Crippen LogP contribution in [0.4, 0.5) is 5.69 Å². The molecule has 0 spiro atoms. The summed E-state index contributed by atoms with van der Waals surface area (Å²) in [7, 11) is -3.73. The van der Waals surface area contributed by atoms with Crippen LogP contribution in [0.5, 0.6) is 0 Å². The van der Waals surface area contributed by atoms with Gasteiger partial charge >= 0.3 is 0 Å². The predicted molar refractivity (Wildman–Crippen MR) is 132 cm³/mol. The summed E-state index contributed by atoms with van der Waals surface area (Å²) in [4.78, 5) is 27.8. The van der Waals surface area contributed by atoms with E-state index < -0.39 is 28.5 Å². The predicted octanol–water partition coefficient (Wildman–Crippen LogP) is 3.40. The van der Waals surface area contributed by atoms with E-state index >= 15 is 0 Å². The molecule has 2 rings (SSSR count). The normalized spacial score (nSPS) is 13.2. The Kier molecular flexibility index (Phi) is 9.05. The Bertz CT molecular complexity index is 1070. The van der Waals surface area contributed by atoms with Crippen molar-refractivity contribution in [1.29, 1.82) is 0 Å². The molecule has 0 aliphatic heterocycles.